The second-order valence-corrected chi connectivity index (χ2v) is 4.33. The molecule has 0 bridgehead atoms. The number of nitrogens with one attached hydrogen (secondary N) is 1. The molecule has 0 aliphatic rings. The first-order valence-corrected chi connectivity index (χ1v) is 5.82. The minimum absolute atomic E-state index is 0.0267. The maximum atomic E-state index is 12.0. The summed E-state index contributed by atoms with van der Waals surface area (Å²) in [5.41, 5.74) is 2.38. The van der Waals surface area contributed by atoms with Crippen molar-refractivity contribution < 1.29 is 0 Å². The average molecular weight is 231 g/mol. The molecule has 0 atom stereocenters. The third-order valence-corrected chi connectivity index (χ3v) is 3.20. The van der Waals surface area contributed by atoms with Gasteiger partial charge in [0.05, 0.1) is 18.4 Å². The number of aromatic amines is 1. The Kier molecular flexibility index (Phi) is 2.11. The van der Waals surface area contributed by atoms with Crippen LogP contribution in [-0.2, 0) is 6.54 Å². The van der Waals surface area contributed by atoms with Crippen molar-refractivity contribution in [2.45, 2.75) is 6.54 Å². The molecule has 3 aromatic heterocycles. The monoisotopic (exact) mass is 231 g/mol. The number of thiophene rings is 1. The van der Waals surface area contributed by atoms with E-state index in [0.717, 1.165) is 5.56 Å². The van der Waals surface area contributed by atoms with Crippen molar-refractivity contribution in [3.8, 4) is 0 Å². The van der Waals surface area contributed by atoms with E-state index >= 15 is 0 Å². The zero-order valence-corrected chi connectivity index (χ0v) is 9.20. The zero-order valence-electron chi connectivity index (χ0n) is 8.38. The molecule has 3 heterocycles. The Labute approximate surface area is 95.2 Å². The third kappa shape index (κ3) is 1.45. The van der Waals surface area contributed by atoms with Gasteiger partial charge in [-0.15, -0.1) is 0 Å². The average Bonchev–Trinajstić information content (AvgIpc) is 2.93. The quantitative estimate of drug-likeness (QED) is 0.731. The Morgan fingerprint density at radius 3 is 3.19 bits per heavy atom. The van der Waals surface area contributed by atoms with Crippen molar-refractivity contribution >= 4 is 22.4 Å². The van der Waals surface area contributed by atoms with Gasteiger partial charge in [-0.2, -0.15) is 11.3 Å². The van der Waals surface area contributed by atoms with Gasteiger partial charge in [-0.1, -0.05) is 0 Å². The van der Waals surface area contributed by atoms with Crippen LogP contribution < -0.4 is 5.56 Å². The second-order valence-electron chi connectivity index (χ2n) is 3.55. The molecule has 4 nitrogen and oxygen atoms in total. The van der Waals surface area contributed by atoms with Crippen LogP contribution in [0, 0.1) is 0 Å². The van der Waals surface area contributed by atoms with Gasteiger partial charge in [-0.05, 0) is 28.5 Å². The Bertz CT molecular complexity index is 666. The van der Waals surface area contributed by atoms with Gasteiger partial charge in [0.25, 0.3) is 5.56 Å². The van der Waals surface area contributed by atoms with E-state index in [1.165, 1.54) is 0 Å². The molecule has 5 heteroatoms. The van der Waals surface area contributed by atoms with Gasteiger partial charge in [0.15, 0.2) is 0 Å². The summed E-state index contributed by atoms with van der Waals surface area (Å²) in [6.07, 6.45) is 3.32. The molecular weight excluding hydrogens is 222 g/mol. The summed E-state index contributed by atoms with van der Waals surface area (Å²) in [5, 5.41) is 4.03. The topological polar surface area (TPSA) is 50.7 Å². The van der Waals surface area contributed by atoms with Gasteiger partial charge in [-0.3, -0.25) is 9.36 Å². The highest BCUT2D eigenvalue weighted by Gasteiger charge is 2.04. The third-order valence-electron chi connectivity index (χ3n) is 2.47. The molecule has 0 radical (unpaired) electrons. The molecule has 0 aliphatic heterocycles. The first kappa shape index (κ1) is 9.35. The molecule has 0 amide bonds. The van der Waals surface area contributed by atoms with Crippen LogP contribution in [0.2, 0.25) is 0 Å². The van der Waals surface area contributed by atoms with E-state index < -0.39 is 0 Å². The summed E-state index contributed by atoms with van der Waals surface area (Å²) >= 11 is 1.63. The van der Waals surface area contributed by atoms with E-state index in [-0.39, 0.29) is 5.56 Å². The lowest BCUT2D eigenvalue weighted by Crippen LogP contribution is -2.20. The molecule has 0 saturated carbocycles. The van der Waals surface area contributed by atoms with Crippen LogP contribution in [0.5, 0.6) is 0 Å². The summed E-state index contributed by atoms with van der Waals surface area (Å²) in [4.78, 5) is 19.1. The molecule has 3 aromatic rings. The summed E-state index contributed by atoms with van der Waals surface area (Å²) in [6.45, 7) is 0.574. The lowest BCUT2D eigenvalue weighted by atomic mass is 10.3. The van der Waals surface area contributed by atoms with Crippen LogP contribution in [0.1, 0.15) is 5.56 Å². The van der Waals surface area contributed by atoms with Crippen LogP contribution in [0.15, 0.2) is 40.2 Å². The Morgan fingerprint density at radius 1 is 1.44 bits per heavy atom. The second kappa shape index (κ2) is 3.61. The van der Waals surface area contributed by atoms with E-state index in [1.54, 1.807) is 34.5 Å². The van der Waals surface area contributed by atoms with Crippen molar-refractivity contribution in [1.29, 1.82) is 0 Å². The fraction of sp³-hybridized carbons (Fsp3) is 0.0909. The maximum Gasteiger partial charge on any atom is 0.277 e. The number of aromatic nitrogens is 3. The van der Waals surface area contributed by atoms with Crippen molar-refractivity contribution in [2.24, 2.45) is 0 Å². The van der Waals surface area contributed by atoms with Crippen molar-refractivity contribution in [2.75, 3.05) is 0 Å². The van der Waals surface area contributed by atoms with Gasteiger partial charge in [0.1, 0.15) is 5.52 Å². The highest BCUT2D eigenvalue weighted by atomic mass is 32.1. The predicted molar refractivity (Wildman–Crippen MR) is 63.8 cm³/mol. The first-order valence-electron chi connectivity index (χ1n) is 4.88. The fourth-order valence-electron chi connectivity index (χ4n) is 1.66. The lowest BCUT2D eigenvalue weighted by Gasteiger charge is -2.02. The molecule has 16 heavy (non-hydrogen) atoms. The summed E-state index contributed by atoms with van der Waals surface area (Å²) in [6, 6.07) is 3.81. The van der Waals surface area contributed by atoms with Gasteiger partial charge in [0.2, 0.25) is 0 Å². The number of nitrogens with zero attached hydrogens (tertiary/aromatic N) is 2. The molecule has 3 rings (SSSR count). The van der Waals surface area contributed by atoms with Crippen LogP contribution >= 0.6 is 11.3 Å². The molecular formula is C11H9N3OS. The van der Waals surface area contributed by atoms with E-state index in [2.05, 4.69) is 9.97 Å². The van der Waals surface area contributed by atoms with Gasteiger partial charge in [0, 0.05) is 6.20 Å². The molecule has 0 saturated heterocycles. The molecule has 80 valence electrons. The van der Waals surface area contributed by atoms with Crippen LogP contribution in [0.3, 0.4) is 0 Å². The van der Waals surface area contributed by atoms with Gasteiger partial charge >= 0.3 is 0 Å². The molecule has 0 unspecified atom stereocenters. The van der Waals surface area contributed by atoms with Crippen molar-refractivity contribution in [3.05, 3.63) is 51.3 Å². The predicted octanol–water partition coefficient (Wildman–Crippen LogP) is 1.83. The summed E-state index contributed by atoms with van der Waals surface area (Å²) in [5.74, 6) is 0. The Balaban J connectivity index is 2.10. The molecule has 0 aromatic carbocycles. The smallest absolute Gasteiger partial charge is 0.277 e. The van der Waals surface area contributed by atoms with Crippen molar-refractivity contribution in [1.82, 2.24) is 14.5 Å². The number of H-pyrrole nitrogens is 1. The zero-order chi connectivity index (χ0) is 11.0. The number of hydrogen-bond acceptors (Lipinski definition) is 3. The Morgan fingerprint density at radius 2 is 2.38 bits per heavy atom. The van der Waals surface area contributed by atoms with Crippen LogP contribution in [-0.4, -0.2) is 14.5 Å². The Hall–Kier alpha value is -1.88. The normalized spacial score (nSPS) is 11.0. The first-order chi connectivity index (χ1) is 7.84. The molecule has 0 aliphatic carbocycles. The lowest BCUT2D eigenvalue weighted by molar-refractivity contribution is 0.749. The number of fused-ring (bicyclic) bond motifs is 1. The summed E-state index contributed by atoms with van der Waals surface area (Å²) in [7, 11) is 0. The number of hydrogen-bond donors (Lipinski definition) is 1. The maximum absolute atomic E-state index is 12.0. The highest BCUT2D eigenvalue weighted by molar-refractivity contribution is 7.07. The fourth-order valence-corrected chi connectivity index (χ4v) is 2.32. The molecule has 0 spiro atoms. The number of rotatable bonds is 2. The van der Waals surface area contributed by atoms with Crippen molar-refractivity contribution in [3.63, 3.8) is 0 Å². The van der Waals surface area contributed by atoms with Gasteiger partial charge < -0.3 is 4.98 Å². The summed E-state index contributed by atoms with van der Waals surface area (Å²) < 4.78 is 1.61. The van der Waals surface area contributed by atoms with Gasteiger partial charge in [-0.25, -0.2) is 4.98 Å². The SMILES string of the molecule is O=c1c2[nH]ccc2ncn1Cc1ccsc1. The molecule has 0 fully saturated rings. The molecule has 1 N–H and O–H groups in total. The van der Waals surface area contributed by atoms with E-state index in [1.807, 2.05) is 16.8 Å². The van der Waals surface area contributed by atoms with E-state index in [4.69, 9.17) is 0 Å². The minimum Gasteiger partial charge on any atom is -0.355 e. The van der Waals surface area contributed by atoms with Crippen LogP contribution in [0.4, 0.5) is 0 Å². The standard InChI is InChI=1S/C11H9N3OS/c15-11-10-9(1-3-12-10)13-7-14(11)5-8-2-4-16-6-8/h1-4,6-7,12H,5H2. The highest BCUT2D eigenvalue weighted by Crippen LogP contribution is 2.08. The van der Waals surface area contributed by atoms with E-state index in [0.29, 0.717) is 17.6 Å². The minimum atomic E-state index is -0.0267. The van der Waals surface area contributed by atoms with E-state index in [9.17, 15) is 4.79 Å². The van der Waals surface area contributed by atoms with Crippen LogP contribution in [0.25, 0.3) is 11.0 Å². The largest absolute Gasteiger partial charge is 0.355 e.